The van der Waals surface area contributed by atoms with Gasteiger partial charge in [0.2, 0.25) is 10.0 Å². The SMILES string of the molecule is COc1ccc(NC(=O)Nc2ccc3c(c2)C(=O)N([C@H](C)CO)C[C@H](C)[C@H](CN(C)S(=O)(=O)c2ccc(Cl)cc2)O3)cc1. The van der Waals surface area contributed by atoms with Gasteiger partial charge in [-0.05, 0) is 73.7 Å². The first-order valence-electron chi connectivity index (χ1n) is 13.6. The van der Waals surface area contributed by atoms with Gasteiger partial charge in [0.15, 0.2) is 0 Å². The second-order valence-electron chi connectivity index (χ2n) is 10.4. The Bertz CT molecular complexity index is 1550. The molecule has 4 rings (SSSR count). The third-order valence-corrected chi connectivity index (χ3v) is 9.32. The number of hydrogen-bond acceptors (Lipinski definition) is 7. The molecule has 0 unspecified atom stereocenters. The number of fused-ring (bicyclic) bond motifs is 1. The molecule has 230 valence electrons. The van der Waals surface area contributed by atoms with E-state index >= 15 is 0 Å². The van der Waals surface area contributed by atoms with Crippen molar-refractivity contribution in [1.29, 1.82) is 0 Å². The Morgan fingerprint density at radius 1 is 1.12 bits per heavy atom. The van der Waals surface area contributed by atoms with E-state index in [-0.39, 0.29) is 47.7 Å². The molecule has 0 saturated carbocycles. The molecule has 0 radical (unpaired) electrons. The molecule has 3 atom stereocenters. The molecule has 3 amide bonds. The molecule has 0 aromatic heterocycles. The van der Waals surface area contributed by atoms with E-state index in [4.69, 9.17) is 21.1 Å². The van der Waals surface area contributed by atoms with Crippen molar-refractivity contribution in [2.45, 2.75) is 30.9 Å². The van der Waals surface area contributed by atoms with Crippen LogP contribution in [0.5, 0.6) is 11.5 Å². The fourth-order valence-corrected chi connectivity index (χ4v) is 5.93. The summed E-state index contributed by atoms with van der Waals surface area (Å²) in [6.45, 7) is 3.51. The number of aliphatic hydroxyl groups is 1. The maximum Gasteiger partial charge on any atom is 0.323 e. The third kappa shape index (κ3) is 7.57. The summed E-state index contributed by atoms with van der Waals surface area (Å²) in [6.07, 6.45) is -0.649. The van der Waals surface area contributed by atoms with Gasteiger partial charge in [-0.1, -0.05) is 18.5 Å². The van der Waals surface area contributed by atoms with E-state index in [1.807, 2.05) is 6.92 Å². The topological polar surface area (TPSA) is 138 Å². The zero-order chi connectivity index (χ0) is 31.3. The predicted molar refractivity (Wildman–Crippen MR) is 165 cm³/mol. The smallest absolute Gasteiger partial charge is 0.323 e. The lowest BCUT2D eigenvalue weighted by Gasteiger charge is -2.38. The third-order valence-electron chi connectivity index (χ3n) is 7.23. The van der Waals surface area contributed by atoms with Crippen LogP contribution in [0.15, 0.2) is 71.6 Å². The van der Waals surface area contributed by atoms with Gasteiger partial charge in [0, 0.05) is 35.9 Å². The van der Waals surface area contributed by atoms with Crippen LogP contribution in [0.4, 0.5) is 16.2 Å². The number of rotatable bonds is 9. The van der Waals surface area contributed by atoms with Crippen LogP contribution in [0, 0.1) is 5.92 Å². The highest BCUT2D eigenvalue weighted by Gasteiger charge is 2.35. The Balaban J connectivity index is 1.59. The molecule has 0 aliphatic carbocycles. The molecule has 0 bridgehead atoms. The first-order valence-corrected chi connectivity index (χ1v) is 15.4. The van der Waals surface area contributed by atoms with Gasteiger partial charge in [0.1, 0.15) is 17.6 Å². The molecule has 0 fully saturated rings. The number of nitrogens with one attached hydrogen (secondary N) is 2. The average molecular weight is 631 g/mol. The van der Waals surface area contributed by atoms with Gasteiger partial charge in [-0.3, -0.25) is 4.79 Å². The minimum absolute atomic E-state index is 0.00856. The Kier molecular flexibility index (Phi) is 10.2. The second kappa shape index (κ2) is 13.6. The normalized spacial score (nSPS) is 17.7. The van der Waals surface area contributed by atoms with E-state index in [9.17, 15) is 23.1 Å². The van der Waals surface area contributed by atoms with Crippen LogP contribution in [0.1, 0.15) is 24.2 Å². The maximum atomic E-state index is 13.7. The Morgan fingerprint density at radius 3 is 2.37 bits per heavy atom. The summed E-state index contributed by atoms with van der Waals surface area (Å²) < 4.78 is 39.2. The van der Waals surface area contributed by atoms with E-state index in [0.717, 1.165) is 0 Å². The van der Waals surface area contributed by atoms with Gasteiger partial charge in [0.25, 0.3) is 5.91 Å². The van der Waals surface area contributed by atoms with Crippen LogP contribution in [-0.2, 0) is 10.0 Å². The van der Waals surface area contributed by atoms with E-state index < -0.39 is 28.2 Å². The quantitative estimate of drug-likeness (QED) is 0.316. The number of urea groups is 1. The summed E-state index contributed by atoms with van der Waals surface area (Å²) in [7, 11) is -0.845. The monoisotopic (exact) mass is 630 g/mol. The van der Waals surface area contributed by atoms with Gasteiger partial charge >= 0.3 is 6.03 Å². The van der Waals surface area contributed by atoms with Crippen molar-refractivity contribution in [2.75, 3.05) is 44.5 Å². The fourth-order valence-electron chi connectivity index (χ4n) is 4.62. The molecule has 3 aromatic rings. The molecule has 11 nitrogen and oxygen atoms in total. The Hall–Kier alpha value is -3.84. The number of halogens is 1. The average Bonchev–Trinajstić information content (AvgIpc) is 2.99. The van der Waals surface area contributed by atoms with Crippen molar-refractivity contribution in [3.63, 3.8) is 0 Å². The number of sulfonamides is 1. The minimum Gasteiger partial charge on any atom is -0.497 e. The summed E-state index contributed by atoms with van der Waals surface area (Å²) in [5.41, 5.74) is 1.05. The van der Waals surface area contributed by atoms with E-state index in [1.165, 1.54) is 46.6 Å². The molecular formula is C30H35ClN4O7S. The van der Waals surface area contributed by atoms with Gasteiger partial charge in [0.05, 0.1) is 36.8 Å². The number of ether oxygens (including phenoxy) is 2. The molecule has 13 heteroatoms. The van der Waals surface area contributed by atoms with Crippen molar-refractivity contribution >= 4 is 44.9 Å². The summed E-state index contributed by atoms with van der Waals surface area (Å²) in [5, 5.41) is 15.8. The number of amides is 3. The minimum atomic E-state index is -3.86. The lowest BCUT2D eigenvalue weighted by molar-refractivity contribution is 0.0387. The van der Waals surface area contributed by atoms with Gasteiger partial charge < -0.3 is 30.1 Å². The Morgan fingerprint density at radius 2 is 1.74 bits per heavy atom. The van der Waals surface area contributed by atoms with Crippen LogP contribution in [0.3, 0.4) is 0 Å². The number of carbonyl (C=O) groups is 2. The molecule has 1 heterocycles. The highest BCUT2D eigenvalue weighted by atomic mass is 35.5. The standard InChI is InChI=1S/C30H35ClN4O7S/c1-19-16-35(20(2)18-36)29(37)26-15-23(33-30(38)32-22-7-10-24(41-4)11-8-22)9-14-27(26)42-28(19)17-34(3)43(39,40)25-12-5-21(31)6-13-25/h5-15,19-20,28,36H,16-18H2,1-4H3,(H2,32,33,38)/t19-,20+,28-/m0/s1. The molecule has 43 heavy (non-hydrogen) atoms. The number of anilines is 2. The number of aliphatic hydroxyl groups excluding tert-OH is 1. The summed E-state index contributed by atoms with van der Waals surface area (Å²) in [4.78, 5) is 28.0. The fraction of sp³-hybridized carbons (Fsp3) is 0.333. The molecule has 3 aromatic carbocycles. The van der Waals surface area contributed by atoms with Crippen LogP contribution < -0.4 is 20.1 Å². The highest BCUT2D eigenvalue weighted by molar-refractivity contribution is 7.89. The lowest BCUT2D eigenvalue weighted by atomic mass is 9.99. The number of likely N-dealkylation sites (N-methyl/N-ethyl adjacent to an activating group) is 1. The van der Waals surface area contributed by atoms with Crippen LogP contribution in [-0.4, -0.2) is 80.7 Å². The summed E-state index contributed by atoms with van der Waals surface area (Å²) >= 11 is 5.94. The number of hydrogen-bond donors (Lipinski definition) is 3. The van der Waals surface area contributed by atoms with Gasteiger partial charge in [-0.2, -0.15) is 4.31 Å². The first kappa shape index (κ1) is 32.1. The summed E-state index contributed by atoms with van der Waals surface area (Å²) in [5.74, 6) is 0.189. The van der Waals surface area contributed by atoms with Crippen LogP contribution in [0.2, 0.25) is 5.02 Å². The zero-order valence-electron chi connectivity index (χ0n) is 24.3. The van der Waals surface area contributed by atoms with E-state index in [0.29, 0.717) is 22.1 Å². The number of nitrogens with zero attached hydrogens (tertiary/aromatic N) is 2. The van der Waals surface area contributed by atoms with Crippen molar-refractivity contribution in [3.05, 3.63) is 77.3 Å². The summed E-state index contributed by atoms with van der Waals surface area (Å²) in [6, 6.07) is 16.3. The van der Waals surface area contributed by atoms with Gasteiger partial charge in [-0.15, -0.1) is 0 Å². The molecule has 0 spiro atoms. The van der Waals surface area contributed by atoms with Crippen molar-refractivity contribution in [1.82, 2.24) is 9.21 Å². The zero-order valence-corrected chi connectivity index (χ0v) is 25.9. The number of benzene rings is 3. The van der Waals surface area contributed by atoms with Crippen LogP contribution in [0.25, 0.3) is 0 Å². The second-order valence-corrected chi connectivity index (χ2v) is 12.9. The predicted octanol–water partition coefficient (Wildman–Crippen LogP) is 4.53. The number of carbonyl (C=O) groups excluding carboxylic acids is 2. The van der Waals surface area contributed by atoms with E-state index in [2.05, 4.69) is 10.6 Å². The first-order chi connectivity index (χ1) is 20.4. The molecular weight excluding hydrogens is 596 g/mol. The number of methoxy groups -OCH3 is 1. The van der Waals surface area contributed by atoms with E-state index in [1.54, 1.807) is 50.4 Å². The largest absolute Gasteiger partial charge is 0.497 e. The maximum absolute atomic E-state index is 13.7. The molecule has 1 aliphatic heterocycles. The Labute approximate surface area is 256 Å². The van der Waals surface area contributed by atoms with Crippen molar-refractivity contribution in [2.24, 2.45) is 5.92 Å². The lowest BCUT2D eigenvalue weighted by Crippen LogP contribution is -2.50. The molecule has 0 saturated heterocycles. The van der Waals surface area contributed by atoms with Crippen molar-refractivity contribution < 1.29 is 32.6 Å². The van der Waals surface area contributed by atoms with Gasteiger partial charge in [-0.25, -0.2) is 13.2 Å². The highest BCUT2D eigenvalue weighted by Crippen LogP contribution is 2.31. The molecule has 1 aliphatic rings. The molecule has 3 N–H and O–H groups in total. The van der Waals surface area contributed by atoms with Crippen molar-refractivity contribution in [3.8, 4) is 11.5 Å². The van der Waals surface area contributed by atoms with Crippen LogP contribution >= 0.6 is 11.6 Å².